The van der Waals surface area contributed by atoms with Gasteiger partial charge in [0, 0.05) is 17.7 Å². The highest BCUT2D eigenvalue weighted by molar-refractivity contribution is 5.66. The molecule has 1 heterocycles. The van der Waals surface area contributed by atoms with Crippen LogP contribution in [0.1, 0.15) is 54.8 Å². The molecule has 25 heavy (non-hydrogen) atoms. The molecule has 0 aromatic heterocycles. The van der Waals surface area contributed by atoms with Crippen LogP contribution in [0.3, 0.4) is 0 Å². The van der Waals surface area contributed by atoms with Crippen LogP contribution >= 0.6 is 0 Å². The Hall–Kier alpha value is -2.62. The van der Waals surface area contributed by atoms with Crippen molar-refractivity contribution in [3.63, 3.8) is 0 Å². The number of hydrogen-bond donors (Lipinski definition) is 1. The van der Waals surface area contributed by atoms with Gasteiger partial charge in [0.05, 0.1) is 16.5 Å². The lowest BCUT2D eigenvalue weighted by Crippen LogP contribution is -2.30. The zero-order chi connectivity index (χ0) is 17.6. The number of nitro benzene ring substituents is 1. The van der Waals surface area contributed by atoms with Gasteiger partial charge in [0.2, 0.25) is 0 Å². The summed E-state index contributed by atoms with van der Waals surface area (Å²) in [5.74, 6) is 1.03. The van der Waals surface area contributed by atoms with E-state index >= 15 is 0 Å². The Kier molecular flexibility index (Phi) is 3.83. The van der Waals surface area contributed by atoms with Crippen molar-refractivity contribution in [2.45, 2.75) is 38.1 Å². The lowest BCUT2D eigenvalue weighted by atomic mass is 9.75. The first-order valence-electron chi connectivity index (χ1n) is 8.87. The molecule has 0 spiro atoms. The van der Waals surface area contributed by atoms with Gasteiger partial charge in [-0.25, -0.2) is 0 Å². The molecule has 0 saturated heterocycles. The molecule has 0 amide bonds. The zero-order valence-electron chi connectivity index (χ0n) is 14.5. The van der Waals surface area contributed by atoms with Crippen LogP contribution in [0, 0.1) is 16.0 Å². The fourth-order valence-corrected chi connectivity index (χ4v) is 4.35. The molecule has 2 aliphatic rings. The summed E-state index contributed by atoms with van der Waals surface area (Å²) in [5, 5.41) is 15.2. The van der Waals surface area contributed by atoms with Crippen LogP contribution in [-0.4, -0.2) is 4.92 Å². The Balaban J connectivity index is 1.86. The zero-order valence-corrected chi connectivity index (χ0v) is 14.5. The van der Waals surface area contributed by atoms with Gasteiger partial charge < -0.3 is 5.32 Å². The molecule has 3 atom stereocenters. The van der Waals surface area contributed by atoms with E-state index in [-0.39, 0.29) is 16.7 Å². The average molecular weight is 334 g/mol. The van der Waals surface area contributed by atoms with Crippen molar-refractivity contribution in [3.8, 4) is 0 Å². The predicted molar refractivity (Wildman–Crippen MR) is 100.0 cm³/mol. The number of fused-ring (bicyclic) bond motifs is 3. The van der Waals surface area contributed by atoms with Gasteiger partial charge in [-0.1, -0.05) is 62.4 Å². The summed E-state index contributed by atoms with van der Waals surface area (Å²) < 4.78 is 0. The SMILES string of the molecule is CC(C)c1cccc2c1NC(c1ccccc1[N+](=O)[O-])C1CC=CC21. The molecule has 0 bridgehead atoms. The number of nitrogens with one attached hydrogen (secondary N) is 1. The summed E-state index contributed by atoms with van der Waals surface area (Å²) >= 11 is 0. The van der Waals surface area contributed by atoms with Crippen LogP contribution in [0.15, 0.2) is 54.6 Å². The third kappa shape index (κ3) is 2.53. The quantitative estimate of drug-likeness (QED) is 0.455. The summed E-state index contributed by atoms with van der Waals surface area (Å²) in [6, 6.07) is 13.6. The minimum Gasteiger partial charge on any atom is -0.377 e. The van der Waals surface area contributed by atoms with Crippen molar-refractivity contribution in [2.24, 2.45) is 5.92 Å². The van der Waals surface area contributed by atoms with E-state index in [1.54, 1.807) is 12.1 Å². The Labute approximate surface area is 147 Å². The molecule has 4 heteroatoms. The van der Waals surface area contributed by atoms with Crippen LogP contribution in [0.2, 0.25) is 0 Å². The lowest BCUT2D eigenvalue weighted by molar-refractivity contribution is -0.385. The van der Waals surface area contributed by atoms with Gasteiger partial charge in [-0.2, -0.15) is 0 Å². The highest BCUT2D eigenvalue weighted by atomic mass is 16.6. The monoisotopic (exact) mass is 334 g/mol. The number of allylic oxidation sites excluding steroid dienone is 2. The largest absolute Gasteiger partial charge is 0.377 e. The summed E-state index contributed by atoms with van der Waals surface area (Å²) in [6.45, 7) is 4.38. The van der Waals surface area contributed by atoms with Crippen LogP contribution in [-0.2, 0) is 0 Å². The summed E-state index contributed by atoms with van der Waals surface area (Å²) in [4.78, 5) is 11.3. The maximum Gasteiger partial charge on any atom is 0.274 e. The molecule has 0 radical (unpaired) electrons. The first kappa shape index (κ1) is 15.9. The van der Waals surface area contributed by atoms with Crippen molar-refractivity contribution in [2.75, 3.05) is 5.32 Å². The van der Waals surface area contributed by atoms with Gasteiger partial charge >= 0.3 is 0 Å². The molecule has 1 aliphatic carbocycles. The van der Waals surface area contributed by atoms with Crippen LogP contribution in [0.4, 0.5) is 11.4 Å². The maximum absolute atomic E-state index is 11.5. The van der Waals surface area contributed by atoms with E-state index in [0.29, 0.717) is 17.8 Å². The number of nitrogens with zero attached hydrogens (tertiary/aromatic N) is 1. The standard InChI is InChI=1S/C21H22N2O2/c1-13(2)14-8-5-10-16-15-9-6-11-17(15)21(22-20(14)16)18-7-3-4-12-19(18)23(24)25/h3-10,12-13,15,17,21-22H,11H2,1-2H3. The second-order valence-corrected chi connectivity index (χ2v) is 7.26. The Morgan fingerprint density at radius 2 is 1.88 bits per heavy atom. The normalized spacial score (nSPS) is 23.9. The maximum atomic E-state index is 11.5. The van der Waals surface area contributed by atoms with Gasteiger partial charge in [0.25, 0.3) is 5.69 Å². The third-order valence-electron chi connectivity index (χ3n) is 5.52. The van der Waals surface area contributed by atoms with Crippen molar-refractivity contribution in [1.29, 1.82) is 0 Å². The summed E-state index contributed by atoms with van der Waals surface area (Å²) in [6.07, 6.45) is 5.44. The van der Waals surface area contributed by atoms with Gasteiger partial charge in [0.15, 0.2) is 0 Å². The molecule has 0 saturated carbocycles. The fraction of sp³-hybridized carbons (Fsp3) is 0.333. The van der Waals surface area contributed by atoms with Crippen molar-refractivity contribution in [3.05, 3.63) is 81.4 Å². The number of anilines is 1. The van der Waals surface area contributed by atoms with Crippen molar-refractivity contribution in [1.82, 2.24) is 0 Å². The molecule has 4 rings (SSSR count). The van der Waals surface area contributed by atoms with E-state index < -0.39 is 0 Å². The van der Waals surface area contributed by atoms with Crippen molar-refractivity contribution < 1.29 is 4.92 Å². The molecule has 3 unspecified atom stereocenters. The van der Waals surface area contributed by atoms with Crippen LogP contribution in [0.25, 0.3) is 0 Å². The molecule has 2 aromatic rings. The van der Waals surface area contributed by atoms with Crippen LogP contribution in [0.5, 0.6) is 0 Å². The van der Waals surface area contributed by atoms with Gasteiger partial charge in [-0.05, 0) is 29.4 Å². The number of benzene rings is 2. The molecule has 2 aromatic carbocycles. The minimum absolute atomic E-state index is 0.0472. The summed E-state index contributed by atoms with van der Waals surface area (Å²) in [5.41, 5.74) is 4.75. The van der Waals surface area contributed by atoms with Crippen LogP contribution < -0.4 is 5.32 Å². The number of nitro groups is 1. The number of rotatable bonds is 3. The van der Waals surface area contributed by atoms with Crippen molar-refractivity contribution >= 4 is 11.4 Å². The molecule has 128 valence electrons. The van der Waals surface area contributed by atoms with E-state index in [9.17, 15) is 10.1 Å². The summed E-state index contributed by atoms with van der Waals surface area (Å²) in [7, 11) is 0. The molecule has 1 aliphatic heterocycles. The first-order chi connectivity index (χ1) is 12.1. The first-order valence-corrected chi connectivity index (χ1v) is 8.87. The minimum atomic E-state index is -0.266. The van der Waals surface area contributed by atoms with E-state index in [4.69, 9.17) is 0 Å². The molecule has 0 fully saturated rings. The van der Waals surface area contributed by atoms with Gasteiger partial charge in [-0.15, -0.1) is 0 Å². The van der Waals surface area contributed by atoms with E-state index in [1.807, 2.05) is 12.1 Å². The van der Waals surface area contributed by atoms with Gasteiger partial charge in [-0.3, -0.25) is 10.1 Å². The highest BCUT2D eigenvalue weighted by Crippen LogP contribution is 2.52. The Bertz CT molecular complexity index is 857. The van der Waals surface area contributed by atoms with E-state index in [1.165, 1.54) is 11.1 Å². The molecular formula is C21H22N2O2. The van der Waals surface area contributed by atoms with E-state index in [0.717, 1.165) is 17.7 Å². The smallest absolute Gasteiger partial charge is 0.274 e. The Morgan fingerprint density at radius 3 is 2.64 bits per heavy atom. The second-order valence-electron chi connectivity index (χ2n) is 7.26. The van der Waals surface area contributed by atoms with Gasteiger partial charge in [0.1, 0.15) is 0 Å². The van der Waals surface area contributed by atoms with E-state index in [2.05, 4.69) is 49.5 Å². The predicted octanol–water partition coefficient (Wildman–Crippen LogP) is 5.54. The highest BCUT2D eigenvalue weighted by Gasteiger charge is 2.40. The molecular weight excluding hydrogens is 312 g/mol. The second kappa shape index (κ2) is 6.03. The third-order valence-corrected chi connectivity index (χ3v) is 5.52. The lowest BCUT2D eigenvalue weighted by Gasteiger charge is -2.38. The Morgan fingerprint density at radius 1 is 1.12 bits per heavy atom. The average Bonchev–Trinajstić information content (AvgIpc) is 3.10. The number of hydrogen-bond acceptors (Lipinski definition) is 3. The molecule has 4 nitrogen and oxygen atoms in total. The number of para-hydroxylation sites is 2. The fourth-order valence-electron chi connectivity index (χ4n) is 4.35. The molecule has 1 N–H and O–H groups in total. The topological polar surface area (TPSA) is 55.2 Å².